The molecule has 1 aromatic carbocycles. The number of rotatable bonds is 4. The Bertz CT molecular complexity index is 396. The predicted molar refractivity (Wildman–Crippen MR) is 69.4 cm³/mol. The van der Waals surface area contributed by atoms with Gasteiger partial charge in [0.2, 0.25) is 0 Å². The van der Waals surface area contributed by atoms with Crippen molar-refractivity contribution in [2.75, 3.05) is 13.2 Å². The van der Waals surface area contributed by atoms with Crippen molar-refractivity contribution >= 4 is 17.5 Å². The summed E-state index contributed by atoms with van der Waals surface area (Å²) in [7, 11) is 0. The van der Waals surface area contributed by atoms with Gasteiger partial charge in [-0.3, -0.25) is 4.79 Å². The Morgan fingerprint density at radius 3 is 2.59 bits per heavy atom. The van der Waals surface area contributed by atoms with Crippen LogP contribution in [0, 0.1) is 12.3 Å². The third-order valence-corrected chi connectivity index (χ3v) is 2.68. The van der Waals surface area contributed by atoms with Gasteiger partial charge < -0.3 is 10.4 Å². The number of aryl methyl sites for hydroxylation is 1. The maximum atomic E-state index is 11.9. The molecule has 0 atom stereocenters. The topological polar surface area (TPSA) is 49.3 Å². The molecule has 1 rings (SSSR count). The SMILES string of the molecule is Cc1cc(Cl)cc(C(=O)NCC(C)(C)CO)c1. The van der Waals surface area contributed by atoms with Crippen LogP contribution in [0.15, 0.2) is 18.2 Å². The van der Waals surface area contributed by atoms with Crippen LogP contribution in [0.3, 0.4) is 0 Å². The molecule has 17 heavy (non-hydrogen) atoms. The van der Waals surface area contributed by atoms with E-state index in [4.69, 9.17) is 16.7 Å². The van der Waals surface area contributed by atoms with Gasteiger partial charge in [0.25, 0.3) is 5.91 Å². The van der Waals surface area contributed by atoms with Crippen LogP contribution in [0.2, 0.25) is 5.02 Å². The zero-order valence-electron chi connectivity index (χ0n) is 10.4. The molecule has 0 unspecified atom stereocenters. The Morgan fingerprint density at radius 1 is 1.41 bits per heavy atom. The van der Waals surface area contributed by atoms with E-state index in [1.54, 1.807) is 18.2 Å². The lowest BCUT2D eigenvalue weighted by molar-refractivity contribution is 0.0911. The Kier molecular flexibility index (Phi) is 4.54. The van der Waals surface area contributed by atoms with E-state index in [9.17, 15) is 4.79 Å². The third-order valence-electron chi connectivity index (χ3n) is 2.46. The molecule has 94 valence electrons. The van der Waals surface area contributed by atoms with Crippen molar-refractivity contribution < 1.29 is 9.90 Å². The minimum Gasteiger partial charge on any atom is -0.396 e. The minimum absolute atomic E-state index is 0.0296. The van der Waals surface area contributed by atoms with Gasteiger partial charge in [-0.2, -0.15) is 0 Å². The maximum Gasteiger partial charge on any atom is 0.251 e. The highest BCUT2D eigenvalue weighted by Crippen LogP contribution is 2.15. The number of aliphatic hydroxyl groups is 1. The van der Waals surface area contributed by atoms with Crippen molar-refractivity contribution in [1.29, 1.82) is 0 Å². The van der Waals surface area contributed by atoms with Gasteiger partial charge in [-0.1, -0.05) is 25.4 Å². The molecule has 0 heterocycles. The highest BCUT2D eigenvalue weighted by atomic mass is 35.5. The second-order valence-electron chi connectivity index (χ2n) is 5.02. The van der Waals surface area contributed by atoms with Crippen molar-refractivity contribution in [2.45, 2.75) is 20.8 Å². The van der Waals surface area contributed by atoms with Crippen LogP contribution in [-0.2, 0) is 0 Å². The molecular weight excluding hydrogens is 238 g/mol. The Labute approximate surface area is 107 Å². The summed E-state index contributed by atoms with van der Waals surface area (Å²) in [6.45, 7) is 6.11. The summed E-state index contributed by atoms with van der Waals surface area (Å²) < 4.78 is 0. The average Bonchev–Trinajstić information content (AvgIpc) is 2.24. The van der Waals surface area contributed by atoms with Crippen LogP contribution < -0.4 is 5.32 Å². The van der Waals surface area contributed by atoms with Crippen molar-refractivity contribution in [3.8, 4) is 0 Å². The molecule has 0 aliphatic rings. The highest BCUT2D eigenvalue weighted by Gasteiger charge is 2.18. The van der Waals surface area contributed by atoms with E-state index in [1.165, 1.54) is 0 Å². The summed E-state index contributed by atoms with van der Waals surface area (Å²) in [6, 6.07) is 5.22. The standard InChI is InChI=1S/C13H18ClNO2/c1-9-4-10(6-11(14)5-9)12(17)15-7-13(2,3)8-16/h4-6,16H,7-8H2,1-3H3,(H,15,17). The minimum atomic E-state index is -0.316. The zero-order valence-corrected chi connectivity index (χ0v) is 11.1. The summed E-state index contributed by atoms with van der Waals surface area (Å²) >= 11 is 5.89. The fraction of sp³-hybridized carbons (Fsp3) is 0.462. The molecule has 0 spiro atoms. The first kappa shape index (κ1) is 14.0. The van der Waals surface area contributed by atoms with Crippen LogP contribution in [0.1, 0.15) is 29.8 Å². The molecule has 0 aliphatic carbocycles. The van der Waals surface area contributed by atoms with E-state index in [0.717, 1.165) is 5.56 Å². The molecule has 0 aromatic heterocycles. The number of halogens is 1. The molecule has 0 saturated carbocycles. The Morgan fingerprint density at radius 2 is 2.06 bits per heavy atom. The first-order chi connectivity index (χ1) is 7.84. The summed E-state index contributed by atoms with van der Waals surface area (Å²) in [4.78, 5) is 11.9. The van der Waals surface area contributed by atoms with Gasteiger partial charge in [0, 0.05) is 29.2 Å². The molecule has 1 amide bonds. The molecule has 0 saturated heterocycles. The van der Waals surface area contributed by atoms with E-state index < -0.39 is 0 Å². The Balaban J connectivity index is 2.70. The van der Waals surface area contributed by atoms with Gasteiger partial charge in [0.15, 0.2) is 0 Å². The van der Waals surface area contributed by atoms with E-state index in [-0.39, 0.29) is 17.9 Å². The molecule has 4 heteroatoms. The number of amides is 1. The summed E-state index contributed by atoms with van der Waals surface area (Å²) in [5.74, 6) is -0.169. The number of hydrogen-bond donors (Lipinski definition) is 2. The van der Waals surface area contributed by atoms with Gasteiger partial charge in [-0.15, -0.1) is 0 Å². The van der Waals surface area contributed by atoms with Crippen molar-refractivity contribution in [3.63, 3.8) is 0 Å². The number of aliphatic hydroxyl groups excluding tert-OH is 1. The number of benzene rings is 1. The molecule has 2 N–H and O–H groups in total. The molecule has 3 nitrogen and oxygen atoms in total. The highest BCUT2D eigenvalue weighted by molar-refractivity contribution is 6.31. The smallest absolute Gasteiger partial charge is 0.251 e. The van der Waals surface area contributed by atoms with Gasteiger partial charge >= 0.3 is 0 Å². The zero-order chi connectivity index (χ0) is 13.1. The van der Waals surface area contributed by atoms with Gasteiger partial charge in [0.05, 0.1) is 0 Å². The maximum absolute atomic E-state index is 11.9. The van der Waals surface area contributed by atoms with Crippen LogP contribution in [-0.4, -0.2) is 24.2 Å². The van der Waals surface area contributed by atoms with Crippen LogP contribution in [0.4, 0.5) is 0 Å². The first-order valence-corrected chi connectivity index (χ1v) is 5.88. The quantitative estimate of drug-likeness (QED) is 0.868. The van der Waals surface area contributed by atoms with Gasteiger partial charge in [-0.25, -0.2) is 0 Å². The largest absolute Gasteiger partial charge is 0.396 e. The van der Waals surface area contributed by atoms with E-state index in [2.05, 4.69) is 5.32 Å². The van der Waals surface area contributed by atoms with E-state index in [0.29, 0.717) is 17.1 Å². The lowest BCUT2D eigenvalue weighted by Gasteiger charge is -2.21. The Hall–Kier alpha value is -1.06. The number of carbonyl (C=O) groups excluding carboxylic acids is 1. The molecule has 0 fully saturated rings. The number of nitrogens with one attached hydrogen (secondary N) is 1. The number of carbonyl (C=O) groups is 1. The predicted octanol–water partition coefficient (Wildman–Crippen LogP) is 2.40. The number of hydrogen-bond acceptors (Lipinski definition) is 2. The van der Waals surface area contributed by atoms with Gasteiger partial charge in [-0.05, 0) is 30.7 Å². The van der Waals surface area contributed by atoms with Crippen molar-refractivity contribution in [3.05, 3.63) is 34.3 Å². The molecule has 0 radical (unpaired) electrons. The second kappa shape index (κ2) is 5.52. The van der Waals surface area contributed by atoms with Crippen molar-refractivity contribution in [1.82, 2.24) is 5.32 Å². The fourth-order valence-electron chi connectivity index (χ4n) is 1.34. The summed E-state index contributed by atoms with van der Waals surface area (Å²) in [6.07, 6.45) is 0. The van der Waals surface area contributed by atoms with Crippen LogP contribution >= 0.6 is 11.6 Å². The summed E-state index contributed by atoms with van der Waals surface area (Å²) in [5.41, 5.74) is 1.18. The summed E-state index contributed by atoms with van der Waals surface area (Å²) in [5, 5.41) is 12.4. The van der Waals surface area contributed by atoms with E-state index in [1.807, 2.05) is 20.8 Å². The van der Waals surface area contributed by atoms with Crippen LogP contribution in [0.25, 0.3) is 0 Å². The lowest BCUT2D eigenvalue weighted by Crippen LogP contribution is -2.36. The van der Waals surface area contributed by atoms with Gasteiger partial charge in [0.1, 0.15) is 0 Å². The molecular formula is C13H18ClNO2. The monoisotopic (exact) mass is 255 g/mol. The van der Waals surface area contributed by atoms with Crippen LogP contribution in [0.5, 0.6) is 0 Å². The molecule has 0 bridgehead atoms. The lowest BCUT2D eigenvalue weighted by atomic mass is 9.95. The third kappa shape index (κ3) is 4.36. The first-order valence-electron chi connectivity index (χ1n) is 5.50. The van der Waals surface area contributed by atoms with E-state index >= 15 is 0 Å². The second-order valence-corrected chi connectivity index (χ2v) is 5.46. The molecule has 0 aliphatic heterocycles. The normalized spacial score (nSPS) is 11.4. The average molecular weight is 256 g/mol. The fourth-order valence-corrected chi connectivity index (χ4v) is 1.63. The van der Waals surface area contributed by atoms with Crippen molar-refractivity contribution in [2.24, 2.45) is 5.41 Å². The molecule has 1 aromatic rings.